The van der Waals surface area contributed by atoms with E-state index in [1.807, 2.05) is 6.07 Å². The highest BCUT2D eigenvalue weighted by Gasteiger charge is 2.17. The molecule has 0 aliphatic carbocycles. The van der Waals surface area contributed by atoms with Gasteiger partial charge in [-0.05, 0) is 17.7 Å². The van der Waals surface area contributed by atoms with Gasteiger partial charge in [0.05, 0.1) is 0 Å². The summed E-state index contributed by atoms with van der Waals surface area (Å²) in [7, 11) is 0. The summed E-state index contributed by atoms with van der Waals surface area (Å²) < 4.78 is 25.9. The van der Waals surface area contributed by atoms with Crippen molar-refractivity contribution < 1.29 is 8.78 Å². The van der Waals surface area contributed by atoms with Crippen LogP contribution in [0.4, 0.5) is 8.78 Å². The number of pyridine rings is 2. The molecule has 2 aromatic rings. The SMILES string of the molecule is FC(F)c1ncccc1-c1cnc2c(c1)CNCC2. The first-order chi connectivity index (χ1) is 9.25. The first kappa shape index (κ1) is 12.2. The average molecular weight is 261 g/mol. The van der Waals surface area contributed by atoms with Crippen LogP contribution >= 0.6 is 0 Å². The van der Waals surface area contributed by atoms with Crippen LogP contribution in [0.3, 0.4) is 0 Å². The molecule has 98 valence electrons. The summed E-state index contributed by atoms with van der Waals surface area (Å²) >= 11 is 0. The van der Waals surface area contributed by atoms with Crippen molar-refractivity contribution in [1.29, 1.82) is 0 Å². The third-order valence-electron chi connectivity index (χ3n) is 3.27. The normalized spacial score (nSPS) is 14.5. The van der Waals surface area contributed by atoms with Gasteiger partial charge < -0.3 is 5.32 Å². The smallest absolute Gasteiger partial charge is 0.280 e. The van der Waals surface area contributed by atoms with Crippen LogP contribution in [0.15, 0.2) is 30.6 Å². The number of aromatic nitrogens is 2. The van der Waals surface area contributed by atoms with Crippen molar-refractivity contribution in [3.8, 4) is 11.1 Å². The third kappa shape index (κ3) is 2.33. The lowest BCUT2D eigenvalue weighted by atomic mass is 10.0. The maximum atomic E-state index is 13.0. The van der Waals surface area contributed by atoms with E-state index in [0.717, 1.165) is 30.8 Å². The Balaban J connectivity index is 2.07. The molecule has 0 spiro atoms. The van der Waals surface area contributed by atoms with E-state index in [1.165, 1.54) is 6.20 Å². The molecule has 0 saturated heterocycles. The molecule has 0 radical (unpaired) electrons. The van der Waals surface area contributed by atoms with E-state index >= 15 is 0 Å². The minimum Gasteiger partial charge on any atom is -0.312 e. The van der Waals surface area contributed by atoms with Crippen LogP contribution in [-0.4, -0.2) is 16.5 Å². The van der Waals surface area contributed by atoms with Crippen LogP contribution in [0, 0.1) is 0 Å². The number of hydrogen-bond donors (Lipinski definition) is 1. The Morgan fingerprint density at radius 1 is 1.26 bits per heavy atom. The Kier molecular flexibility index (Phi) is 3.21. The molecule has 19 heavy (non-hydrogen) atoms. The topological polar surface area (TPSA) is 37.8 Å². The third-order valence-corrected chi connectivity index (χ3v) is 3.27. The van der Waals surface area contributed by atoms with Crippen LogP contribution in [0.5, 0.6) is 0 Å². The molecule has 0 bridgehead atoms. The average Bonchev–Trinajstić information content (AvgIpc) is 2.46. The van der Waals surface area contributed by atoms with Crippen LogP contribution in [0.25, 0.3) is 11.1 Å². The molecule has 0 atom stereocenters. The van der Waals surface area contributed by atoms with E-state index < -0.39 is 6.43 Å². The zero-order chi connectivity index (χ0) is 13.2. The van der Waals surface area contributed by atoms with Gasteiger partial charge in [0.1, 0.15) is 5.69 Å². The van der Waals surface area contributed by atoms with Crippen molar-refractivity contribution in [3.05, 3.63) is 47.5 Å². The predicted octanol–water partition coefficient (Wildman–Crippen LogP) is 2.73. The lowest BCUT2D eigenvalue weighted by Gasteiger charge is -2.17. The van der Waals surface area contributed by atoms with E-state index in [-0.39, 0.29) is 5.69 Å². The lowest BCUT2D eigenvalue weighted by Crippen LogP contribution is -2.24. The molecular formula is C14H13F2N3. The number of nitrogens with one attached hydrogen (secondary N) is 1. The first-order valence-electron chi connectivity index (χ1n) is 6.17. The molecule has 1 aliphatic rings. The molecule has 0 saturated carbocycles. The van der Waals surface area contributed by atoms with Gasteiger partial charge in [-0.25, -0.2) is 8.78 Å². The fourth-order valence-corrected chi connectivity index (χ4v) is 2.33. The van der Waals surface area contributed by atoms with Crippen LogP contribution < -0.4 is 5.32 Å². The second-order valence-corrected chi connectivity index (χ2v) is 4.49. The maximum Gasteiger partial charge on any atom is 0.280 e. The molecule has 3 nitrogen and oxygen atoms in total. The van der Waals surface area contributed by atoms with E-state index in [2.05, 4.69) is 15.3 Å². The molecule has 0 fully saturated rings. The van der Waals surface area contributed by atoms with Crippen LogP contribution in [0.2, 0.25) is 0 Å². The highest BCUT2D eigenvalue weighted by atomic mass is 19.3. The second kappa shape index (κ2) is 5.01. The van der Waals surface area contributed by atoms with Crippen LogP contribution in [0.1, 0.15) is 23.4 Å². The largest absolute Gasteiger partial charge is 0.312 e. The number of fused-ring (bicyclic) bond motifs is 1. The molecule has 1 N–H and O–H groups in total. The molecule has 5 heteroatoms. The highest BCUT2D eigenvalue weighted by Crippen LogP contribution is 2.30. The zero-order valence-corrected chi connectivity index (χ0v) is 10.2. The van der Waals surface area contributed by atoms with E-state index in [1.54, 1.807) is 18.3 Å². The number of halogens is 2. The van der Waals surface area contributed by atoms with Gasteiger partial charge in [-0.1, -0.05) is 6.07 Å². The van der Waals surface area contributed by atoms with Crippen molar-refractivity contribution in [1.82, 2.24) is 15.3 Å². The lowest BCUT2D eigenvalue weighted by molar-refractivity contribution is 0.147. The Morgan fingerprint density at radius 2 is 2.16 bits per heavy atom. The number of alkyl halides is 2. The van der Waals surface area contributed by atoms with Gasteiger partial charge in [0.15, 0.2) is 0 Å². The molecule has 0 amide bonds. The summed E-state index contributed by atoms with van der Waals surface area (Å²) in [5.41, 5.74) is 3.09. The standard InChI is InChI=1S/C14H13F2N3/c15-14(16)13-11(2-1-4-18-13)9-6-10-7-17-5-3-12(10)19-8-9/h1-2,4,6,8,14,17H,3,5,7H2. The Morgan fingerprint density at radius 3 is 3.00 bits per heavy atom. The van der Waals surface area contributed by atoms with Gasteiger partial charge >= 0.3 is 0 Å². The van der Waals surface area contributed by atoms with Crippen molar-refractivity contribution in [2.45, 2.75) is 19.4 Å². The summed E-state index contributed by atoms with van der Waals surface area (Å²) in [5, 5.41) is 3.25. The fourth-order valence-electron chi connectivity index (χ4n) is 2.33. The second-order valence-electron chi connectivity index (χ2n) is 4.49. The predicted molar refractivity (Wildman–Crippen MR) is 67.8 cm³/mol. The zero-order valence-electron chi connectivity index (χ0n) is 10.2. The van der Waals surface area contributed by atoms with E-state index in [0.29, 0.717) is 11.1 Å². The van der Waals surface area contributed by atoms with Gasteiger partial charge in [0, 0.05) is 48.7 Å². The highest BCUT2D eigenvalue weighted by molar-refractivity contribution is 5.66. The maximum absolute atomic E-state index is 13.0. The Labute approximate surface area is 109 Å². The van der Waals surface area contributed by atoms with Gasteiger partial charge in [-0.15, -0.1) is 0 Å². The number of hydrogen-bond acceptors (Lipinski definition) is 3. The summed E-state index contributed by atoms with van der Waals surface area (Å²) in [4.78, 5) is 8.16. The fraction of sp³-hybridized carbons (Fsp3) is 0.286. The molecule has 3 heterocycles. The summed E-state index contributed by atoms with van der Waals surface area (Å²) in [6, 6.07) is 5.25. The van der Waals surface area contributed by atoms with E-state index in [4.69, 9.17) is 0 Å². The monoisotopic (exact) mass is 261 g/mol. The van der Waals surface area contributed by atoms with Gasteiger partial charge in [-0.3, -0.25) is 9.97 Å². The summed E-state index contributed by atoms with van der Waals surface area (Å²) in [6.45, 7) is 1.65. The number of rotatable bonds is 2. The number of nitrogens with zero attached hydrogens (tertiary/aromatic N) is 2. The van der Waals surface area contributed by atoms with Crippen LogP contribution in [-0.2, 0) is 13.0 Å². The quantitative estimate of drug-likeness (QED) is 0.903. The van der Waals surface area contributed by atoms with Gasteiger partial charge in [0.25, 0.3) is 6.43 Å². The first-order valence-corrected chi connectivity index (χ1v) is 6.17. The molecule has 1 aliphatic heterocycles. The molecule has 0 unspecified atom stereocenters. The molecule has 0 aromatic carbocycles. The molecule has 2 aromatic heterocycles. The molecule has 3 rings (SSSR count). The molecular weight excluding hydrogens is 248 g/mol. The van der Waals surface area contributed by atoms with Gasteiger partial charge in [-0.2, -0.15) is 0 Å². The summed E-state index contributed by atoms with van der Waals surface area (Å²) in [6.07, 6.45) is 1.35. The minimum atomic E-state index is -2.58. The Hall–Kier alpha value is -1.88. The minimum absolute atomic E-state index is 0.187. The Bertz CT molecular complexity index is 599. The van der Waals surface area contributed by atoms with Crippen molar-refractivity contribution in [3.63, 3.8) is 0 Å². The van der Waals surface area contributed by atoms with Gasteiger partial charge in [0.2, 0.25) is 0 Å². The van der Waals surface area contributed by atoms with Crippen molar-refractivity contribution in [2.75, 3.05) is 6.54 Å². The van der Waals surface area contributed by atoms with Crippen molar-refractivity contribution >= 4 is 0 Å². The summed E-state index contributed by atoms with van der Waals surface area (Å²) in [5.74, 6) is 0. The van der Waals surface area contributed by atoms with E-state index in [9.17, 15) is 8.78 Å². The van der Waals surface area contributed by atoms with Crippen molar-refractivity contribution in [2.24, 2.45) is 0 Å².